The molecule has 106 valence electrons. The molecule has 2 aromatic rings. The highest BCUT2D eigenvalue weighted by atomic mass is 35.5. The molecule has 0 aliphatic carbocycles. The van der Waals surface area contributed by atoms with Crippen LogP contribution in [0.25, 0.3) is 0 Å². The molecule has 0 unspecified atom stereocenters. The summed E-state index contributed by atoms with van der Waals surface area (Å²) in [7, 11) is 0. The van der Waals surface area contributed by atoms with Gasteiger partial charge in [0.05, 0.1) is 10.6 Å². The van der Waals surface area contributed by atoms with Gasteiger partial charge in [-0.15, -0.1) is 11.8 Å². The summed E-state index contributed by atoms with van der Waals surface area (Å²) >= 11 is 12.8. The first-order valence-electron chi connectivity index (χ1n) is 5.33. The molecule has 0 aromatic carbocycles. The second-order valence-corrected chi connectivity index (χ2v) is 5.50. The average Bonchev–Trinajstić information content (AvgIpc) is 2.37. The Balaban J connectivity index is 2.04. The fraction of sp³-hybridized carbons (Fsp3) is 0.167. The predicted molar refractivity (Wildman–Crippen MR) is 73.1 cm³/mol. The van der Waals surface area contributed by atoms with E-state index >= 15 is 0 Å². The highest BCUT2D eigenvalue weighted by molar-refractivity contribution is 7.98. The number of thioether (sulfide) groups is 1. The van der Waals surface area contributed by atoms with E-state index in [4.69, 9.17) is 23.2 Å². The number of aromatic nitrogens is 2. The van der Waals surface area contributed by atoms with Crippen LogP contribution >= 0.6 is 35.0 Å². The van der Waals surface area contributed by atoms with Gasteiger partial charge in [0, 0.05) is 11.9 Å². The van der Waals surface area contributed by atoms with Crippen molar-refractivity contribution < 1.29 is 13.2 Å². The molecule has 0 bridgehead atoms. The standard InChI is InChI=1S/C12H7Cl2F3N2S/c13-9-3-1-7(11(14)19-9)6-20-10-4-2-8(5-18-10)12(15,16)17/h1-5H,6H2. The van der Waals surface area contributed by atoms with Gasteiger partial charge >= 0.3 is 6.18 Å². The van der Waals surface area contributed by atoms with Crippen molar-refractivity contribution in [3.05, 3.63) is 51.9 Å². The van der Waals surface area contributed by atoms with Gasteiger partial charge in [-0.2, -0.15) is 13.2 Å². The molecule has 0 aliphatic heterocycles. The summed E-state index contributed by atoms with van der Waals surface area (Å²) in [6.45, 7) is 0. The summed E-state index contributed by atoms with van der Waals surface area (Å²) in [6, 6.07) is 5.64. The van der Waals surface area contributed by atoms with Gasteiger partial charge in [-0.05, 0) is 23.8 Å². The zero-order valence-electron chi connectivity index (χ0n) is 9.79. The van der Waals surface area contributed by atoms with Crippen LogP contribution in [0.3, 0.4) is 0 Å². The van der Waals surface area contributed by atoms with Crippen LogP contribution in [0.15, 0.2) is 35.5 Å². The second kappa shape index (κ2) is 6.20. The van der Waals surface area contributed by atoms with Gasteiger partial charge in [-0.1, -0.05) is 29.3 Å². The molecule has 0 saturated carbocycles. The number of rotatable bonds is 3. The van der Waals surface area contributed by atoms with E-state index in [0.717, 1.165) is 17.8 Å². The van der Waals surface area contributed by atoms with Crippen molar-refractivity contribution in [2.75, 3.05) is 0 Å². The SMILES string of the molecule is FC(F)(F)c1ccc(SCc2ccc(Cl)nc2Cl)nc1. The topological polar surface area (TPSA) is 25.8 Å². The number of nitrogens with zero attached hydrogens (tertiary/aromatic N) is 2. The molecule has 0 saturated heterocycles. The predicted octanol–water partition coefficient (Wildman–Crippen LogP) is 5.09. The maximum Gasteiger partial charge on any atom is 0.417 e. The van der Waals surface area contributed by atoms with E-state index in [9.17, 15) is 13.2 Å². The first-order valence-corrected chi connectivity index (χ1v) is 7.07. The van der Waals surface area contributed by atoms with E-state index in [1.165, 1.54) is 17.8 Å². The fourth-order valence-corrected chi connectivity index (χ4v) is 2.65. The highest BCUT2D eigenvalue weighted by Crippen LogP contribution is 2.30. The summed E-state index contributed by atoms with van der Waals surface area (Å²) in [4.78, 5) is 7.64. The normalized spacial score (nSPS) is 11.7. The minimum atomic E-state index is -4.38. The first-order chi connectivity index (χ1) is 9.36. The number of hydrogen-bond donors (Lipinski definition) is 0. The lowest BCUT2D eigenvalue weighted by atomic mass is 10.3. The third-order valence-corrected chi connectivity index (χ3v) is 3.86. The summed E-state index contributed by atoms with van der Waals surface area (Å²) < 4.78 is 37.1. The molecule has 0 aliphatic rings. The van der Waals surface area contributed by atoms with Gasteiger partial charge in [0.2, 0.25) is 0 Å². The van der Waals surface area contributed by atoms with Crippen molar-refractivity contribution in [1.82, 2.24) is 9.97 Å². The van der Waals surface area contributed by atoms with Crippen LogP contribution in [0, 0.1) is 0 Å². The van der Waals surface area contributed by atoms with Gasteiger partial charge in [0.15, 0.2) is 0 Å². The quantitative estimate of drug-likeness (QED) is 0.575. The maximum atomic E-state index is 12.4. The molecule has 0 fully saturated rings. The van der Waals surface area contributed by atoms with Gasteiger partial charge in [-0.3, -0.25) is 0 Å². The maximum absolute atomic E-state index is 12.4. The van der Waals surface area contributed by atoms with E-state index in [2.05, 4.69) is 9.97 Å². The van der Waals surface area contributed by atoms with Crippen molar-refractivity contribution in [2.24, 2.45) is 0 Å². The fourth-order valence-electron chi connectivity index (χ4n) is 1.33. The van der Waals surface area contributed by atoms with Crippen LogP contribution < -0.4 is 0 Å². The van der Waals surface area contributed by atoms with Crippen molar-refractivity contribution in [3.8, 4) is 0 Å². The summed E-state index contributed by atoms with van der Waals surface area (Å²) in [5, 5.41) is 1.04. The Kier molecular flexibility index (Phi) is 4.78. The zero-order chi connectivity index (χ0) is 14.8. The van der Waals surface area contributed by atoms with Crippen LogP contribution in [-0.4, -0.2) is 9.97 Å². The van der Waals surface area contributed by atoms with Crippen LogP contribution in [0.2, 0.25) is 10.3 Å². The lowest BCUT2D eigenvalue weighted by Gasteiger charge is -2.07. The molecule has 0 N–H and O–H groups in total. The van der Waals surface area contributed by atoms with Crippen molar-refractivity contribution >= 4 is 35.0 Å². The molecule has 2 rings (SSSR count). The molecule has 2 aromatic heterocycles. The van der Waals surface area contributed by atoms with Gasteiger partial charge in [0.1, 0.15) is 10.3 Å². The van der Waals surface area contributed by atoms with E-state index in [1.54, 1.807) is 12.1 Å². The van der Waals surface area contributed by atoms with E-state index < -0.39 is 11.7 Å². The lowest BCUT2D eigenvalue weighted by molar-refractivity contribution is -0.137. The summed E-state index contributed by atoms with van der Waals surface area (Å²) in [5.41, 5.74) is -0.0317. The Labute approximate surface area is 127 Å². The Hall–Kier alpha value is -0.980. The number of halogens is 5. The smallest absolute Gasteiger partial charge is 0.249 e. The van der Waals surface area contributed by atoms with E-state index in [0.29, 0.717) is 10.8 Å². The molecule has 0 atom stereocenters. The summed E-state index contributed by atoms with van der Waals surface area (Å²) in [6.07, 6.45) is -3.57. The number of hydrogen-bond acceptors (Lipinski definition) is 3. The zero-order valence-corrected chi connectivity index (χ0v) is 12.1. The third kappa shape index (κ3) is 4.01. The molecule has 2 nitrogen and oxygen atoms in total. The largest absolute Gasteiger partial charge is 0.417 e. The number of alkyl halides is 3. The van der Waals surface area contributed by atoms with Crippen molar-refractivity contribution in [2.45, 2.75) is 17.0 Å². The Morgan fingerprint density at radius 1 is 1.10 bits per heavy atom. The molecular formula is C12H7Cl2F3N2S. The molecule has 20 heavy (non-hydrogen) atoms. The van der Waals surface area contributed by atoms with Crippen molar-refractivity contribution in [1.29, 1.82) is 0 Å². The molecular weight excluding hydrogens is 332 g/mol. The van der Waals surface area contributed by atoms with Crippen molar-refractivity contribution in [3.63, 3.8) is 0 Å². The molecule has 8 heteroatoms. The van der Waals surface area contributed by atoms with Gasteiger partial charge in [0.25, 0.3) is 0 Å². The Bertz CT molecular complexity index is 603. The average molecular weight is 339 g/mol. The van der Waals surface area contributed by atoms with E-state index in [1.807, 2.05) is 0 Å². The molecule has 2 heterocycles. The molecule has 0 amide bonds. The Morgan fingerprint density at radius 3 is 2.40 bits per heavy atom. The second-order valence-electron chi connectivity index (χ2n) is 3.76. The third-order valence-electron chi connectivity index (χ3n) is 2.33. The number of pyridine rings is 2. The van der Waals surface area contributed by atoms with Crippen LogP contribution in [0.1, 0.15) is 11.1 Å². The minimum Gasteiger partial charge on any atom is -0.249 e. The van der Waals surface area contributed by atoms with Gasteiger partial charge < -0.3 is 0 Å². The molecule has 0 radical (unpaired) electrons. The van der Waals surface area contributed by atoms with E-state index in [-0.39, 0.29) is 10.3 Å². The first kappa shape index (κ1) is 15.4. The van der Waals surface area contributed by atoms with Crippen LogP contribution in [-0.2, 0) is 11.9 Å². The minimum absolute atomic E-state index is 0.275. The summed E-state index contributed by atoms with van der Waals surface area (Å²) in [5.74, 6) is 0.446. The van der Waals surface area contributed by atoms with Gasteiger partial charge in [-0.25, -0.2) is 9.97 Å². The Morgan fingerprint density at radius 2 is 1.85 bits per heavy atom. The van der Waals surface area contributed by atoms with Crippen LogP contribution in [0.5, 0.6) is 0 Å². The lowest BCUT2D eigenvalue weighted by Crippen LogP contribution is -2.05. The van der Waals surface area contributed by atoms with Crippen LogP contribution in [0.4, 0.5) is 13.2 Å². The monoisotopic (exact) mass is 338 g/mol. The molecule has 0 spiro atoms. The highest BCUT2D eigenvalue weighted by Gasteiger charge is 2.30.